The quantitative estimate of drug-likeness (QED) is 0.893. The summed E-state index contributed by atoms with van der Waals surface area (Å²) in [6.45, 7) is 4.08. The van der Waals surface area contributed by atoms with E-state index in [1.54, 1.807) is 6.07 Å². The average molecular weight is 355 g/mol. The Morgan fingerprint density at radius 3 is 2.31 bits per heavy atom. The van der Waals surface area contributed by atoms with Gasteiger partial charge < -0.3 is 10.2 Å². The van der Waals surface area contributed by atoms with E-state index in [1.165, 1.54) is 18.2 Å². The molecule has 1 saturated heterocycles. The summed E-state index contributed by atoms with van der Waals surface area (Å²) in [4.78, 5) is 28.5. The maximum atomic E-state index is 13.1. The SMILES string of the molecule is O=C(NCCN1CCN(C(=O)c2ccccc2)CC1)c1cccc(F)c1. The molecule has 0 saturated carbocycles. The molecule has 136 valence electrons. The lowest BCUT2D eigenvalue weighted by atomic mass is 10.2. The number of nitrogens with one attached hydrogen (secondary N) is 1. The van der Waals surface area contributed by atoms with Crippen LogP contribution in [0.25, 0.3) is 0 Å². The van der Waals surface area contributed by atoms with E-state index in [2.05, 4.69) is 10.2 Å². The lowest BCUT2D eigenvalue weighted by Crippen LogP contribution is -2.50. The van der Waals surface area contributed by atoms with Gasteiger partial charge in [-0.2, -0.15) is 0 Å². The molecule has 1 fully saturated rings. The van der Waals surface area contributed by atoms with E-state index in [0.29, 0.717) is 37.3 Å². The molecule has 6 heteroatoms. The summed E-state index contributed by atoms with van der Waals surface area (Å²) >= 11 is 0. The molecule has 1 aliphatic rings. The Kier molecular flexibility index (Phi) is 5.96. The fourth-order valence-electron chi connectivity index (χ4n) is 3.00. The Morgan fingerprint density at radius 1 is 0.923 bits per heavy atom. The number of carbonyl (C=O) groups excluding carboxylic acids is 2. The van der Waals surface area contributed by atoms with Crippen molar-refractivity contribution < 1.29 is 14.0 Å². The highest BCUT2D eigenvalue weighted by atomic mass is 19.1. The molecule has 1 aliphatic heterocycles. The van der Waals surface area contributed by atoms with Crippen LogP contribution in [0.3, 0.4) is 0 Å². The average Bonchev–Trinajstić information content (AvgIpc) is 2.68. The van der Waals surface area contributed by atoms with Crippen molar-refractivity contribution >= 4 is 11.8 Å². The minimum atomic E-state index is -0.420. The molecule has 3 rings (SSSR count). The van der Waals surface area contributed by atoms with Crippen LogP contribution in [-0.4, -0.2) is 60.9 Å². The molecule has 26 heavy (non-hydrogen) atoms. The summed E-state index contributed by atoms with van der Waals surface area (Å²) in [5, 5.41) is 2.81. The minimum absolute atomic E-state index is 0.0599. The van der Waals surface area contributed by atoms with Crippen LogP contribution in [0.1, 0.15) is 20.7 Å². The van der Waals surface area contributed by atoms with Gasteiger partial charge in [-0.1, -0.05) is 24.3 Å². The zero-order valence-electron chi connectivity index (χ0n) is 14.5. The van der Waals surface area contributed by atoms with Gasteiger partial charge in [0, 0.05) is 50.4 Å². The third kappa shape index (κ3) is 4.67. The number of halogens is 1. The maximum absolute atomic E-state index is 13.1. The van der Waals surface area contributed by atoms with E-state index < -0.39 is 5.82 Å². The van der Waals surface area contributed by atoms with Crippen molar-refractivity contribution in [3.63, 3.8) is 0 Å². The fraction of sp³-hybridized carbons (Fsp3) is 0.300. The van der Waals surface area contributed by atoms with Crippen LogP contribution >= 0.6 is 0 Å². The molecule has 1 N–H and O–H groups in total. The summed E-state index contributed by atoms with van der Waals surface area (Å²) in [6.07, 6.45) is 0. The van der Waals surface area contributed by atoms with Gasteiger partial charge in [-0.25, -0.2) is 4.39 Å². The normalized spacial score (nSPS) is 14.9. The third-order valence-corrected chi connectivity index (χ3v) is 4.48. The Balaban J connectivity index is 1.40. The Labute approximate surface area is 152 Å². The van der Waals surface area contributed by atoms with E-state index in [-0.39, 0.29) is 11.8 Å². The smallest absolute Gasteiger partial charge is 0.253 e. The van der Waals surface area contributed by atoms with Crippen molar-refractivity contribution in [2.75, 3.05) is 39.3 Å². The molecule has 1 heterocycles. The molecule has 0 radical (unpaired) electrons. The summed E-state index contributed by atoms with van der Waals surface area (Å²) in [6, 6.07) is 14.9. The zero-order valence-corrected chi connectivity index (χ0v) is 14.5. The monoisotopic (exact) mass is 355 g/mol. The molecule has 0 spiro atoms. The zero-order chi connectivity index (χ0) is 18.4. The van der Waals surface area contributed by atoms with Crippen LogP contribution in [-0.2, 0) is 0 Å². The minimum Gasteiger partial charge on any atom is -0.351 e. The molecule has 0 aliphatic carbocycles. The van der Waals surface area contributed by atoms with Gasteiger partial charge in [0.1, 0.15) is 5.82 Å². The van der Waals surface area contributed by atoms with Crippen molar-refractivity contribution in [3.8, 4) is 0 Å². The van der Waals surface area contributed by atoms with Crippen molar-refractivity contribution in [1.29, 1.82) is 0 Å². The van der Waals surface area contributed by atoms with Crippen LogP contribution in [0.5, 0.6) is 0 Å². The van der Waals surface area contributed by atoms with E-state index >= 15 is 0 Å². The van der Waals surface area contributed by atoms with Crippen LogP contribution < -0.4 is 5.32 Å². The Hall–Kier alpha value is -2.73. The highest BCUT2D eigenvalue weighted by molar-refractivity contribution is 5.94. The first kappa shape index (κ1) is 18.1. The lowest BCUT2D eigenvalue weighted by molar-refractivity contribution is 0.0638. The number of amides is 2. The molecule has 0 aromatic heterocycles. The highest BCUT2D eigenvalue weighted by Crippen LogP contribution is 2.08. The molecular formula is C20H22FN3O2. The van der Waals surface area contributed by atoms with Gasteiger partial charge in [0.15, 0.2) is 0 Å². The summed E-state index contributed by atoms with van der Waals surface area (Å²) < 4.78 is 13.1. The number of hydrogen-bond donors (Lipinski definition) is 1. The molecule has 2 amide bonds. The van der Waals surface area contributed by atoms with Gasteiger partial charge in [-0.05, 0) is 30.3 Å². The van der Waals surface area contributed by atoms with Crippen LogP contribution in [0, 0.1) is 5.82 Å². The van der Waals surface area contributed by atoms with Crippen LogP contribution in [0.15, 0.2) is 54.6 Å². The van der Waals surface area contributed by atoms with Crippen molar-refractivity contribution in [2.45, 2.75) is 0 Å². The number of carbonyl (C=O) groups is 2. The topological polar surface area (TPSA) is 52.7 Å². The van der Waals surface area contributed by atoms with Gasteiger partial charge in [-0.3, -0.25) is 14.5 Å². The molecule has 0 unspecified atom stereocenters. The Morgan fingerprint density at radius 2 is 1.62 bits per heavy atom. The molecule has 5 nitrogen and oxygen atoms in total. The standard InChI is InChI=1S/C20H22FN3O2/c21-18-8-4-7-17(15-18)19(25)22-9-10-23-11-13-24(14-12-23)20(26)16-5-2-1-3-6-16/h1-8,15H,9-14H2,(H,22,25). The summed E-state index contributed by atoms with van der Waals surface area (Å²) in [7, 11) is 0. The van der Waals surface area contributed by atoms with Crippen molar-refractivity contribution in [2.24, 2.45) is 0 Å². The second kappa shape index (κ2) is 8.58. The van der Waals surface area contributed by atoms with Gasteiger partial charge in [0.25, 0.3) is 11.8 Å². The van der Waals surface area contributed by atoms with Gasteiger partial charge in [0.05, 0.1) is 0 Å². The first-order chi connectivity index (χ1) is 12.6. The highest BCUT2D eigenvalue weighted by Gasteiger charge is 2.21. The predicted octanol–water partition coefficient (Wildman–Crippen LogP) is 2.01. The number of nitrogens with zero attached hydrogens (tertiary/aromatic N) is 2. The number of piperazine rings is 1. The summed E-state index contributed by atoms with van der Waals surface area (Å²) in [5.41, 5.74) is 1.03. The van der Waals surface area contributed by atoms with Gasteiger partial charge >= 0.3 is 0 Å². The number of benzene rings is 2. The molecule has 2 aromatic rings. The second-order valence-electron chi connectivity index (χ2n) is 6.27. The molecule has 2 aromatic carbocycles. The molecule has 0 atom stereocenters. The lowest BCUT2D eigenvalue weighted by Gasteiger charge is -2.34. The maximum Gasteiger partial charge on any atom is 0.253 e. The van der Waals surface area contributed by atoms with E-state index in [4.69, 9.17) is 0 Å². The van der Waals surface area contributed by atoms with E-state index in [0.717, 1.165) is 13.1 Å². The largest absolute Gasteiger partial charge is 0.351 e. The van der Waals surface area contributed by atoms with Crippen molar-refractivity contribution in [3.05, 3.63) is 71.5 Å². The molecule has 0 bridgehead atoms. The second-order valence-corrected chi connectivity index (χ2v) is 6.27. The first-order valence-corrected chi connectivity index (χ1v) is 8.74. The van der Waals surface area contributed by atoms with Crippen LogP contribution in [0.4, 0.5) is 4.39 Å². The predicted molar refractivity (Wildman–Crippen MR) is 97.5 cm³/mol. The third-order valence-electron chi connectivity index (χ3n) is 4.48. The number of rotatable bonds is 5. The summed E-state index contributed by atoms with van der Waals surface area (Å²) in [5.74, 6) is -0.635. The van der Waals surface area contributed by atoms with Gasteiger partial charge in [-0.15, -0.1) is 0 Å². The van der Waals surface area contributed by atoms with E-state index in [9.17, 15) is 14.0 Å². The van der Waals surface area contributed by atoms with Crippen molar-refractivity contribution in [1.82, 2.24) is 15.1 Å². The number of hydrogen-bond acceptors (Lipinski definition) is 3. The van der Waals surface area contributed by atoms with E-state index in [1.807, 2.05) is 35.2 Å². The Bertz CT molecular complexity index is 759. The van der Waals surface area contributed by atoms with Gasteiger partial charge in [0.2, 0.25) is 0 Å². The fourth-order valence-corrected chi connectivity index (χ4v) is 3.00. The van der Waals surface area contributed by atoms with Crippen LogP contribution in [0.2, 0.25) is 0 Å². The first-order valence-electron chi connectivity index (χ1n) is 8.74. The molecular weight excluding hydrogens is 333 g/mol.